The zero-order valence-corrected chi connectivity index (χ0v) is 7.03. The van der Waals surface area contributed by atoms with Crippen LogP contribution in [0.4, 0.5) is 0 Å². The number of aromatic hydroxyl groups is 2. The molecule has 0 saturated heterocycles. The van der Waals surface area contributed by atoms with Crippen molar-refractivity contribution in [2.75, 3.05) is 0 Å². The lowest BCUT2D eigenvalue weighted by atomic mass is 10.1. The minimum atomic E-state index is -0.384. The van der Waals surface area contributed by atoms with Crippen molar-refractivity contribution in [3.8, 4) is 11.5 Å². The molecule has 3 N–H and O–H groups in total. The van der Waals surface area contributed by atoms with Crippen LogP contribution in [0.5, 0.6) is 11.5 Å². The second-order valence-electron chi connectivity index (χ2n) is 2.63. The molecule has 0 aliphatic rings. The number of ketones is 1. The number of hydrogen-bond acceptors (Lipinski definition) is 4. The maximum Gasteiger partial charge on any atom is 0.177 e. The van der Waals surface area contributed by atoms with E-state index in [2.05, 4.69) is 0 Å². The monoisotopic (exact) mass is 179 g/mol. The van der Waals surface area contributed by atoms with Crippen molar-refractivity contribution in [3.63, 3.8) is 0 Å². The molecule has 0 radical (unpaired) electrons. The summed E-state index contributed by atoms with van der Waals surface area (Å²) in [5, 5.41) is 25.3. The Balaban J connectivity index is 3.11. The van der Waals surface area contributed by atoms with Crippen molar-refractivity contribution in [2.24, 2.45) is 0 Å². The number of carbonyl (C=O) groups excluding carboxylic acids is 1. The first-order valence-electron chi connectivity index (χ1n) is 3.64. The second-order valence-corrected chi connectivity index (χ2v) is 2.63. The van der Waals surface area contributed by atoms with Gasteiger partial charge in [0, 0.05) is 12.5 Å². The van der Waals surface area contributed by atoms with E-state index in [0.29, 0.717) is 5.56 Å². The Morgan fingerprint density at radius 3 is 2.38 bits per heavy atom. The summed E-state index contributed by atoms with van der Waals surface area (Å²) in [6, 6.07) is 3.82. The van der Waals surface area contributed by atoms with Gasteiger partial charge in [0.2, 0.25) is 0 Å². The Bertz CT molecular complexity index is 371. The molecule has 13 heavy (non-hydrogen) atoms. The van der Waals surface area contributed by atoms with Crippen molar-refractivity contribution >= 4 is 11.5 Å². The van der Waals surface area contributed by atoms with E-state index in [1.807, 2.05) is 0 Å². The van der Waals surface area contributed by atoms with Crippen LogP contribution in [0.2, 0.25) is 0 Å². The summed E-state index contributed by atoms with van der Waals surface area (Å²) in [4.78, 5) is 10.8. The van der Waals surface area contributed by atoms with Gasteiger partial charge >= 0.3 is 0 Å². The minimum absolute atomic E-state index is 0.185. The van der Waals surface area contributed by atoms with Gasteiger partial charge in [-0.15, -0.1) is 0 Å². The zero-order valence-electron chi connectivity index (χ0n) is 7.03. The van der Waals surface area contributed by atoms with Gasteiger partial charge in [-0.1, -0.05) is 0 Å². The molecule has 0 spiro atoms. The lowest BCUT2D eigenvalue weighted by Gasteiger charge is -2.01. The Morgan fingerprint density at radius 1 is 1.31 bits per heavy atom. The van der Waals surface area contributed by atoms with Crippen LogP contribution in [0, 0.1) is 5.41 Å². The molecule has 4 heteroatoms. The highest BCUT2D eigenvalue weighted by Gasteiger charge is 2.08. The maximum atomic E-state index is 10.8. The molecule has 0 bridgehead atoms. The molecule has 68 valence electrons. The van der Waals surface area contributed by atoms with E-state index in [-0.39, 0.29) is 23.0 Å². The fourth-order valence-corrected chi connectivity index (χ4v) is 0.882. The number of nitrogens with one attached hydrogen (secondary N) is 1. The highest BCUT2D eigenvalue weighted by molar-refractivity contribution is 6.44. The van der Waals surface area contributed by atoms with Crippen molar-refractivity contribution < 1.29 is 15.0 Å². The van der Waals surface area contributed by atoms with Crippen molar-refractivity contribution in [2.45, 2.75) is 6.92 Å². The Kier molecular flexibility index (Phi) is 2.32. The van der Waals surface area contributed by atoms with Crippen LogP contribution in [0.15, 0.2) is 18.2 Å². The highest BCUT2D eigenvalue weighted by Crippen LogP contribution is 2.24. The average Bonchev–Trinajstić information content (AvgIpc) is 2.08. The molecule has 0 atom stereocenters. The summed E-state index contributed by atoms with van der Waals surface area (Å²) in [5.74, 6) is -0.978. The molecule has 0 unspecified atom stereocenters. The Labute approximate surface area is 75.0 Å². The first-order valence-corrected chi connectivity index (χ1v) is 3.64. The fourth-order valence-electron chi connectivity index (χ4n) is 0.882. The standard InChI is InChI=1S/C9H9NO3/c1-5(11)9(10)6-2-3-7(12)8(13)4-6/h2-4,10,12-13H,1H3. The van der Waals surface area contributed by atoms with Crippen LogP contribution in [-0.2, 0) is 4.79 Å². The van der Waals surface area contributed by atoms with Gasteiger partial charge in [0.15, 0.2) is 17.3 Å². The number of hydrogen-bond donors (Lipinski definition) is 3. The van der Waals surface area contributed by atoms with Crippen molar-refractivity contribution in [3.05, 3.63) is 23.8 Å². The van der Waals surface area contributed by atoms with Gasteiger partial charge in [-0.3, -0.25) is 10.2 Å². The minimum Gasteiger partial charge on any atom is -0.504 e. The third-order valence-corrected chi connectivity index (χ3v) is 1.62. The van der Waals surface area contributed by atoms with Crippen LogP contribution < -0.4 is 0 Å². The van der Waals surface area contributed by atoms with Crippen molar-refractivity contribution in [1.29, 1.82) is 5.41 Å². The topological polar surface area (TPSA) is 81.4 Å². The number of rotatable bonds is 2. The zero-order chi connectivity index (χ0) is 10.0. The first-order chi connectivity index (χ1) is 6.02. The lowest BCUT2D eigenvalue weighted by molar-refractivity contribution is -0.111. The van der Waals surface area contributed by atoms with Gasteiger partial charge in [0.05, 0.1) is 0 Å². The van der Waals surface area contributed by atoms with Gasteiger partial charge < -0.3 is 10.2 Å². The Hall–Kier alpha value is -1.84. The van der Waals surface area contributed by atoms with Crippen LogP contribution in [0.3, 0.4) is 0 Å². The van der Waals surface area contributed by atoms with Crippen LogP contribution in [-0.4, -0.2) is 21.7 Å². The second kappa shape index (κ2) is 3.26. The molecule has 4 nitrogen and oxygen atoms in total. The maximum absolute atomic E-state index is 10.8. The first kappa shape index (κ1) is 9.25. The summed E-state index contributed by atoms with van der Waals surface area (Å²) in [6.07, 6.45) is 0. The average molecular weight is 179 g/mol. The smallest absolute Gasteiger partial charge is 0.177 e. The third kappa shape index (κ3) is 1.84. The van der Waals surface area contributed by atoms with E-state index in [0.717, 1.165) is 0 Å². The summed E-state index contributed by atoms with van der Waals surface area (Å²) < 4.78 is 0. The molecule has 1 aromatic carbocycles. The van der Waals surface area contributed by atoms with E-state index in [1.54, 1.807) is 0 Å². The van der Waals surface area contributed by atoms with E-state index in [9.17, 15) is 4.79 Å². The fraction of sp³-hybridized carbons (Fsp3) is 0.111. The molecule has 0 aromatic heterocycles. The lowest BCUT2D eigenvalue weighted by Crippen LogP contribution is -2.09. The summed E-state index contributed by atoms with van der Waals surface area (Å²) in [6.45, 7) is 1.27. The van der Waals surface area contributed by atoms with Gasteiger partial charge in [-0.2, -0.15) is 0 Å². The van der Waals surface area contributed by atoms with Crippen molar-refractivity contribution in [1.82, 2.24) is 0 Å². The molecule has 0 saturated carbocycles. The molecular weight excluding hydrogens is 170 g/mol. The number of Topliss-reactive ketones (excluding diaryl/α,β-unsaturated/α-hetero) is 1. The van der Waals surface area contributed by atoms with Crippen LogP contribution >= 0.6 is 0 Å². The predicted molar refractivity (Wildman–Crippen MR) is 47.3 cm³/mol. The summed E-state index contributed by atoms with van der Waals surface area (Å²) in [7, 11) is 0. The van der Waals surface area contributed by atoms with Gasteiger partial charge in [0.1, 0.15) is 5.71 Å². The van der Waals surface area contributed by atoms with Crippen LogP contribution in [0.1, 0.15) is 12.5 Å². The van der Waals surface area contributed by atoms with E-state index < -0.39 is 0 Å². The van der Waals surface area contributed by atoms with Gasteiger partial charge in [0.25, 0.3) is 0 Å². The molecule has 0 amide bonds. The number of benzene rings is 1. The van der Waals surface area contributed by atoms with Gasteiger partial charge in [-0.25, -0.2) is 0 Å². The van der Waals surface area contributed by atoms with E-state index in [1.165, 1.54) is 25.1 Å². The molecule has 0 heterocycles. The molecule has 0 aliphatic carbocycles. The van der Waals surface area contributed by atoms with Gasteiger partial charge in [-0.05, 0) is 18.2 Å². The number of phenolic OH excluding ortho intramolecular Hbond substituents is 2. The van der Waals surface area contributed by atoms with E-state index in [4.69, 9.17) is 15.6 Å². The molecular formula is C9H9NO3. The molecule has 0 aliphatic heterocycles. The number of phenols is 2. The SMILES string of the molecule is CC(=O)C(=N)c1ccc(O)c(O)c1. The summed E-state index contributed by atoms with van der Waals surface area (Å²) >= 11 is 0. The molecule has 1 rings (SSSR count). The van der Waals surface area contributed by atoms with E-state index >= 15 is 0 Å². The number of carbonyl (C=O) groups is 1. The summed E-state index contributed by atoms with van der Waals surface area (Å²) in [5.41, 5.74) is 0.109. The predicted octanol–water partition coefficient (Wildman–Crippen LogP) is 1.05. The molecule has 1 aromatic rings. The normalized spacial score (nSPS) is 9.62. The largest absolute Gasteiger partial charge is 0.504 e. The highest BCUT2D eigenvalue weighted by atomic mass is 16.3. The quantitative estimate of drug-likeness (QED) is 0.469. The molecule has 0 fully saturated rings. The van der Waals surface area contributed by atoms with Crippen LogP contribution in [0.25, 0.3) is 0 Å². The third-order valence-electron chi connectivity index (χ3n) is 1.62. The Morgan fingerprint density at radius 2 is 1.92 bits per heavy atom.